The summed E-state index contributed by atoms with van der Waals surface area (Å²) in [5.74, 6) is 0.601. The molecule has 0 saturated heterocycles. The molecule has 4 atom stereocenters. The van der Waals surface area contributed by atoms with Crippen LogP contribution in [0.4, 0.5) is 0 Å². The lowest BCUT2D eigenvalue weighted by atomic mass is 9.38. The smallest absolute Gasteiger partial charge is 0.144 e. The van der Waals surface area contributed by atoms with Gasteiger partial charge in [0, 0.05) is 39.1 Å². The molecule has 2 heterocycles. The van der Waals surface area contributed by atoms with E-state index in [0.717, 1.165) is 41.7 Å². The van der Waals surface area contributed by atoms with Crippen LogP contribution in [0.1, 0.15) is 72.4 Å². The second-order valence-electron chi connectivity index (χ2n) is 12.0. The third-order valence-corrected chi connectivity index (χ3v) is 9.92. The number of para-hydroxylation sites is 1. The predicted molar refractivity (Wildman–Crippen MR) is 159 cm³/mol. The van der Waals surface area contributed by atoms with E-state index in [1.54, 1.807) is 0 Å². The van der Waals surface area contributed by atoms with Gasteiger partial charge in [-0.05, 0) is 49.8 Å². The van der Waals surface area contributed by atoms with Gasteiger partial charge in [-0.25, -0.2) is 0 Å². The quantitative estimate of drug-likeness (QED) is 0.274. The minimum atomic E-state index is -0.285. The molecule has 1 spiro atoms. The maximum absolute atomic E-state index is 6.52. The minimum absolute atomic E-state index is 0.136. The van der Waals surface area contributed by atoms with Crippen molar-refractivity contribution in [2.24, 2.45) is 22.2 Å². The van der Waals surface area contributed by atoms with Crippen molar-refractivity contribution in [1.29, 1.82) is 0 Å². The fourth-order valence-electron chi connectivity index (χ4n) is 6.97. The second kappa shape index (κ2) is 8.75. The van der Waals surface area contributed by atoms with Gasteiger partial charge in [-0.2, -0.15) is 0 Å². The summed E-state index contributed by atoms with van der Waals surface area (Å²) in [5, 5.41) is 6.48. The summed E-state index contributed by atoms with van der Waals surface area (Å²) in [6, 6.07) is 12.9. The molecule has 1 aliphatic carbocycles. The number of rotatable bonds is 6. The summed E-state index contributed by atoms with van der Waals surface area (Å²) in [4.78, 5) is 5.34. The van der Waals surface area contributed by atoms with Gasteiger partial charge in [0.15, 0.2) is 0 Å². The van der Waals surface area contributed by atoms with Gasteiger partial charge in [-0.15, -0.1) is 6.58 Å². The number of aliphatic imine (C=N–C) groups is 1. The van der Waals surface area contributed by atoms with Gasteiger partial charge < -0.3 is 9.73 Å². The molecule has 3 aromatic rings. The molecule has 1 aliphatic heterocycles. The highest BCUT2D eigenvalue weighted by atomic mass is 16.3. The van der Waals surface area contributed by atoms with Crippen molar-refractivity contribution in [2.75, 3.05) is 0 Å². The van der Waals surface area contributed by atoms with Crippen LogP contribution in [0, 0.1) is 17.3 Å². The molecule has 37 heavy (non-hydrogen) atoms. The van der Waals surface area contributed by atoms with Crippen molar-refractivity contribution in [3.8, 4) is 0 Å². The van der Waals surface area contributed by atoms with Gasteiger partial charge in [0.1, 0.15) is 11.2 Å². The Labute approximate surface area is 222 Å². The number of nitrogens with one attached hydrogen (secondary N) is 1. The van der Waals surface area contributed by atoms with Crippen LogP contribution >= 0.6 is 0 Å². The fourth-order valence-corrected chi connectivity index (χ4v) is 6.97. The molecule has 1 aromatic heterocycles. The molecule has 1 fully saturated rings. The highest BCUT2D eigenvalue weighted by Gasteiger charge is 2.73. The molecule has 194 valence electrons. The fraction of sp³-hybridized carbons (Fsp3) is 0.441. The standard InChI is InChI=1S/C34H42N2O/c1-10-21(4)19-27-30-24(17-18-26-25-15-13-14-16-28(25)37-31(26)30)20-34(36-27)29(12-3)33(9,32(34,7)8)35-23(6)22(5)11-2/h12-19,21,29,36H,3,5,10-11,20H2,1-2,4,6-9H3/b27-19-,35-23?. The Balaban J connectivity index is 1.71. The topological polar surface area (TPSA) is 37.5 Å². The van der Waals surface area contributed by atoms with Crippen molar-refractivity contribution in [2.45, 2.75) is 78.8 Å². The first-order chi connectivity index (χ1) is 17.5. The average Bonchev–Trinajstić information content (AvgIpc) is 3.26. The van der Waals surface area contributed by atoms with E-state index in [0.29, 0.717) is 5.92 Å². The molecule has 4 unspecified atom stereocenters. The predicted octanol–water partition coefficient (Wildman–Crippen LogP) is 8.89. The molecule has 2 aromatic carbocycles. The molecule has 0 radical (unpaired) electrons. The monoisotopic (exact) mass is 494 g/mol. The van der Waals surface area contributed by atoms with Crippen LogP contribution in [0.25, 0.3) is 27.6 Å². The Hall–Kier alpha value is -3.07. The number of fused-ring (bicyclic) bond motifs is 5. The van der Waals surface area contributed by atoms with E-state index in [4.69, 9.17) is 9.41 Å². The molecule has 5 rings (SSSR count). The summed E-state index contributed by atoms with van der Waals surface area (Å²) >= 11 is 0. The highest BCUT2D eigenvalue weighted by Crippen LogP contribution is 2.66. The van der Waals surface area contributed by atoms with Crippen LogP contribution in [0.3, 0.4) is 0 Å². The van der Waals surface area contributed by atoms with Gasteiger partial charge in [0.25, 0.3) is 0 Å². The second-order valence-corrected chi connectivity index (χ2v) is 12.0. The number of allylic oxidation sites excluding steroid dienone is 2. The lowest BCUT2D eigenvalue weighted by Gasteiger charge is -2.72. The number of nitrogens with zero attached hydrogens (tertiary/aromatic N) is 1. The van der Waals surface area contributed by atoms with Gasteiger partial charge >= 0.3 is 0 Å². The number of hydrogen-bond acceptors (Lipinski definition) is 3. The zero-order valence-corrected chi connectivity index (χ0v) is 23.7. The van der Waals surface area contributed by atoms with E-state index < -0.39 is 0 Å². The lowest BCUT2D eigenvalue weighted by molar-refractivity contribution is -0.123. The Bertz CT molecular complexity index is 1470. The molecule has 0 bridgehead atoms. The van der Waals surface area contributed by atoms with Crippen LogP contribution in [0.15, 0.2) is 76.7 Å². The summed E-state index contributed by atoms with van der Waals surface area (Å²) in [7, 11) is 0. The maximum Gasteiger partial charge on any atom is 0.144 e. The van der Waals surface area contributed by atoms with E-state index in [2.05, 4.69) is 109 Å². The largest absolute Gasteiger partial charge is 0.455 e. The molecular formula is C34H42N2O. The zero-order chi connectivity index (χ0) is 26.8. The first-order valence-corrected chi connectivity index (χ1v) is 13.8. The van der Waals surface area contributed by atoms with E-state index in [1.165, 1.54) is 27.6 Å². The molecule has 3 heteroatoms. The van der Waals surface area contributed by atoms with Crippen LogP contribution in [0.5, 0.6) is 0 Å². The van der Waals surface area contributed by atoms with Crippen LogP contribution in [-0.2, 0) is 6.42 Å². The van der Waals surface area contributed by atoms with E-state index in [9.17, 15) is 0 Å². The molecule has 3 nitrogen and oxygen atoms in total. The molecule has 1 saturated carbocycles. The van der Waals surface area contributed by atoms with E-state index in [1.807, 2.05) is 6.07 Å². The van der Waals surface area contributed by atoms with Gasteiger partial charge in [-0.3, -0.25) is 4.99 Å². The number of furan rings is 1. The lowest BCUT2D eigenvalue weighted by Crippen LogP contribution is -2.82. The van der Waals surface area contributed by atoms with E-state index in [-0.39, 0.29) is 22.4 Å². The summed E-state index contributed by atoms with van der Waals surface area (Å²) in [6.07, 6.45) is 7.44. The maximum atomic E-state index is 6.52. The summed E-state index contributed by atoms with van der Waals surface area (Å²) < 4.78 is 6.52. The van der Waals surface area contributed by atoms with Crippen molar-refractivity contribution in [3.63, 3.8) is 0 Å². The minimum Gasteiger partial charge on any atom is -0.455 e. The normalized spacial score (nSPS) is 28.7. The van der Waals surface area contributed by atoms with Gasteiger partial charge in [-0.1, -0.05) is 90.1 Å². The molecule has 2 aliphatic rings. The summed E-state index contributed by atoms with van der Waals surface area (Å²) in [6.45, 7) is 24.4. The Morgan fingerprint density at radius 3 is 2.57 bits per heavy atom. The zero-order valence-electron chi connectivity index (χ0n) is 23.7. The van der Waals surface area contributed by atoms with Gasteiger partial charge in [0.05, 0.1) is 11.1 Å². The molecule has 0 amide bonds. The Morgan fingerprint density at radius 1 is 1.16 bits per heavy atom. The van der Waals surface area contributed by atoms with E-state index >= 15 is 0 Å². The van der Waals surface area contributed by atoms with Crippen LogP contribution < -0.4 is 5.32 Å². The van der Waals surface area contributed by atoms with Gasteiger partial charge in [0.2, 0.25) is 0 Å². The van der Waals surface area contributed by atoms with Crippen molar-refractivity contribution in [1.82, 2.24) is 5.32 Å². The highest BCUT2D eigenvalue weighted by molar-refractivity contribution is 6.08. The number of benzene rings is 2. The van der Waals surface area contributed by atoms with Crippen molar-refractivity contribution in [3.05, 3.63) is 78.4 Å². The molecule has 1 N–H and O–H groups in total. The van der Waals surface area contributed by atoms with Crippen LogP contribution in [-0.4, -0.2) is 16.8 Å². The Kier molecular flexibility index (Phi) is 6.05. The number of hydrogen-bond donors (Lipinski definition) is 1. The van der Waals surface area contributed by atoms with Crippen molar-refractivity contribution >= 4 is 33.3 Å². The first-order valence-electron chi connectivity index (χ1n) is 13.8. The molecular weight excluding hydrogens is 452 g/mol. The first kappa shape index (κ1) is 25.6. The average molecular weight is 495 g/mol. The third-order valence-electron chi connectivity index (χ3n) is 9.92. The Morgan fingerprint density at radius 2 is 1.89 bits per heavy atom. The summed E-state index contributed by atoms with van der Waals surface area (Å²) in [5.41, 5.74) is 7.19. The van der Waals surface area contributed by atoms with Crippen LogP contribution in [0.2, 0.25) is 0 Å². The SMILES string of the molecule is C=CC1C(C)(N=C(C)C(=C)CC)C(C)(C)C12Cc1ccc3c(oc4ccccc43)c1/C(=C/C(C)CC)N2. The van der Waals surface area contributed by atoms with Crippen molar-refractivity contribution < 1.29 is 4.42 Å². The third kappa shape index (κ3) is 3.42.